The van der Waals surface area contributed by atoms with E-state index in [4.69, 9.17) is 26.3 Å². The summed E-state index contributed by atoms with van der Waals surface area (Å²) in [5, 5.41) is 12.1. The lowest BCUT2D eigenvalue weighted by Crippen LogP contribution is -2.29. The molecule has 0 aliphatic carbocycles. The lowest BCUT2D eigenvalue weighted by molar-refractivity contribution is -0.120. The van der Waals surface area contributed by atoms with E-state index in [1.807, 2.05) is 24.3 Å². The number of methoxy groups -OCH3 is 2. The Hall–Kier alpha value is -2.71. The second kappa shape index (κ2) is 8.23. The average Bonchev–Trinajstić information content (AvgIpc) is 2.60. The zero-order valence-electron chi connectivity index (χ0n) is 13.4. The maximum atomic E-state index is 12.0. The van der Waals surface area contributed by atoms with Crippen LogP contribution >= 0.6 is 11.6 Å². The van der Waals surface area contributed by atoms with E-state index < -0.39 is 6.04 Å². The molecule has 1 atom stereocenters. The number of nitriles is 1. The SMILES string of the molecule is COc1ccc([C@H](NC(=O)CC#N)c2ccccc2Cl)c(OC)c1. The van der Waals surface area contributed by atoms with Crippen molar-refractivity contribution in [3.05, 3.63) is 58.6 Å². The van der Waals surface area contributed by atoms with Crippen molar-refractivity contribution in [1.29, 1.82) is 5.26 Å². The molecular weight excluding hydrogens is 328 g/mol. The number of nitrogens with one attached hydrogen (secondary N) is 1. The van der Waals surface area contributed by atoms with Gasteiger partial charge in [0.1, 0.15) is 17.9 Å². The predicted octanol–water partition coefficient (Wildman–Crippen LogP) is 3.48. The highest BCUT2D eigenvalue weighted by molar-refractivity contribution is 6.31. The van der Waals surface area contributed by atoms with Crippen LogP contribution in [0.25, 0.3) is 0 Å². The molecule has 124 valence electrons. The highest BCUT2D eigenvalue weighted by Gasteiger charge is 2.23. The summed E-state index contributed by atoms with van der Waals surface area (Å²) in [7, 11) is 3.10. The standard InChI is InChI=1S/C18H17ClN2O3/c1-23-12-7-8-14(16(11-12)24-2)18(21-17(22)9-10-20)13-5-3-4-6-15(13)19/h3-8,11,18H,9H2,1-2H3,(H,21,22)/t18-/m1/s1. The Bertz CT molecular complexity index is 771. The largest absolute Gasteiger partial charge is 0.497 e. The van der Waals surface area contributed by atoms with E-state index in [1.165, 1.54) is 0 Å². The van der Waals surface area contributed by atoms with Gasteiger partial charge >= 0.3 is 0 Å². The number of carbonyl (C=O) groups is 1. The molecule has 0 radical (unpaired) electrons. The van der Waals surface area contributed by atoms with Gasteiger partial charge in [0, 0.05) is 16.7 Å². The van der Waals surface area contributed by atoms with Crippen LogP contribution in [0.4, 0.5) is 0 Å². The zero-order chi connectivity index (χ0) is 17.5. The molecule has 6 heteroatoms. The van der Waals surface area contributed by atoms with E-state index >= 15 is 0 Å². The van der Waals surface area contributed by atoms with Gasteiger partial charge in [-0.1, -0.05) is 29.8 Å². The summed E-state index contributed by atoms with van der Waals surface area (Å²) in [6.07, 6.45) is -0.237. The van der Waals surface area contributed by atoms with Crippen LogP contribution in [0.1, 0.15) is 23.6 Å². The van der Waals surface area contributed by atoms with E-state index in [0.717, 1.165) is 5.56 Å². The molecule has 1 N–H and O–H groups in total. The van der Waals surface area contributed by atoms with E-state index in [9.17, 15) is 4.79 Å². The first-order valence-corrected chi connectivity index (χ1v) is 7.61. The van der Waals surface area contributed by atoms with Crippen LogP contribution in [-0.4, -0.2) is 20.1 Å². The summed E-state index contributed by atoms with van der Waals surface area (Å²) in [5.41, 5.74) is 1.44. The molecule has 0 aromatic heterocycles. The molecule has 0 bridgehead atoms. The topological polar surface area (TPSA) is 71.3 Å². The smallest absolute Gasteiger partial charge is 0.234 e. The summed E-state index contributed by atoms with van der Waals surface area (Å²) >= 11 is 6.30. The second-order valence-electron chi connectivity index (χ2n) is 4.96. The zero-order valence-corrected chi connectivity index (χ0v) is 14.1. The molecule has 0 heterocycles. The minimum atomic E-state index is -0.541. The highest BCUT2D eigenvalue weighted by atomic mass is 35.5. The number of hydrogen-bond donors (Lipinski definition) is 1. The molecule has 2 rings (SSSR count). The number of halogens is 1. The molecular formula is C18H17ClN2O3. The molecule has 0 fully saturated rings. The third kappa shape index (κ3) is 3.98. The monoisotopic (exact) mass is 344 g/mol. The minimum absolute atomic E-state index is 0.237. The average molecular weight is 345 g/mol. The van der Waals surface area contributed by atoms with Crippen LogP contribution in [-0.2, 0) is 4.79 Å². The number of nitrogens with zero attached hydrogens (tertiary/aromatic N) is 1. The molecule has 2 aromatic rings. The molecule has 5 nitrogen and oxygen atoms in total. The van der Waals surface area contributed by atoms with Crippen LogP contribution < -0.4 is 14.8 Å². The van der Waals surface area contributed by atoms with Crippen LogP contribution in [0.15, 0.2) is 42.5 Å². The molecule has 0 saturated carbocycles. The fourth-order valence-electron chi connectivity index (χ4n) is 2.37. The molecule has 24 heavy (non-hydrogen) atoms. The number of amides is 1. The Labute approximate surface area is 145 Å². The van der Waals surface area contributed by atoms with E-state index in [-0.39, 0.29) is 12.3 Å². The highest BCUT2D eigenvalue weighted by Crippen LogP contribution is 2.35. The molecule has 0 saturated heterocycles. The summed E-state index contributed by atoms with van der Waals surface area (Å²) < 4.78 is 10.6. The third-order valence-corrected chi connectivity index (χ3v) is 3.86. The van der Waals surface area contributed by atoms with Crippen molar-refractivity contribution in [3.63, 3.8) is 0 Å². The van der Waals surface area contributed by atoms with Crippen molar-refractivity contribution in [1.82, 2.24) is 5.32 Å². The maximum absolute atomic E-state index is 12.0. The van der Waals surface area contributed by atoms with Crippen molar-refractivity contribution in [2.24, 2.45) is 0 Å². The number of benzene rings is 2. The third-order valence-electron chi connectivity index (χ3n) is 3.51. The van der Waals surface area contributed by atoms with Crippen molar-refractivity contribution in [3.8, 4) is 17.6 Å². The van der Waals surface area contributed by atoms with Crippen molar-refractivity contribution < 1.29 is 14.3 Å². The molecule has 0 aliphatic rings. The second-order valence-corrected chi connectivity index (χ2v) is 5.37. The first kappa shape index (κ1) is 17.6. The Kier molecular flexibility index (Phi) is 6.05. The molecule has 0 aliphatic heterocycles. The van der Waals surface area contributed by atoms with E-state index in [2.05, 4.69) is 5.32 Å². The van der Waals surface area contributed by atoms with Crippen LogP contribution in [0.5, 0.6) is 11.5 Å². The van der Waals surface area contributed by atoms with Gasteiger partial charge < -0.3 is 14.8 Å². The summed E-state index contributed by atoms with van der Waals surface area (Å²) in [6, 6.07) is 13.8. The van der Waals surface area contributed by atoms with Gasteiger partial charge in [-0.05, 0) is 23.8 Å². The van der Waals surface area contributed by atoms with Crippen molar-refractivity contribution >= 4 is 17.5 Å². The summed E-state index contributed by atoms with van der Waals surface area (Å²) in [6.45, 7) is 0. The molecule has 0 spiro atoms. The van der Waals surface area contributed by atoms with Crippen LogP contribution in [0, 0.1) is 11.3 Å². The lowest BCUT2D eigenvalue weighted by atomic mass is 9.97. The van der Waals surface area contributed by atoms with Crippen molar-refractivity contribution in [2.45, 2.75) is 12.5 Å². The number of rotatable bonds is 6. The Morgan fingerprint density at radius 2 is 1.96 bits per heavy atom. The number of ether oxygens (including phenoxy) is 2. The van der Waals surface area contributed by atoms with Crippen LogP contribution in [0.2, 0.25) is 5.02 Å². The number of hydrogen-bond acceptors (Lipinski definition) is 4. The van der Waals surface area contributed by atoms with Crippen molar-refractivity contribution in [2.75, 3.05) is 14.2 Å². The van der Waals surface area contributed by atoms with Gasteiger partial charge in [0.25, 0.3) is 0 Å². The molecule has 2 aromatic carbocycles. The van der Waals surface area contributed by atoms with Gasteiger partial charge in [0.2, 0.25) is 5.91 Å². The fourth-order valence-corrected chi connectivity index (χ4v) is 2.62. The first-order valence-electron chi connectivity index (χ1n) is 7.23. The van der Waals surface area contributed by atoms with Gasteiger partial charge in [0.05, 0.1) is 26.3 Å². The normalized spacial score (nSPS) is 11.2. The maximum Gasteiger partial charge on any atom is 0.234 e. The van der Waals surface area contributed by atoms with Gasteiger partial charge in [-0.15, -0.1) is 0 Å². The first-order chi connectivity index (χ1) is 11.6. The Morgan fingerprint density at radius 3 is 2.58 bits per heavy atom. The molecule has 0 unspecified atom stereocenters. The van der Waals surface area contributed by atoms with Gasteiger partial charge in [-0.25, -0.2) is 0 Å². The van der Waals surface area contributed by atoms with Gasteiger partial charge in [-0.2, -0.15) is 5.26 Å². The summed E-state index contributed by atoms with van der Waals surface area (Å²) in [5.74, 6) is 0.800. The molecule has 1 amide bonds. The summed E-state index contributed by atoms with van der Waals surface area (Å²) in [4.78, 5) is 12.0. The van der Waals surface area contributed by atoms with Gasteiger partial charge in [0.15, 0.2) is 0 Å². The fraction of sp³-hybridized carbons (Fsp3) is 0.222. The Balaban J connectivity index is 2.52. The Morgan fingerprint density at radius 1 is 1.21 bits per heavy atom. The van der Waals surface area contributed by atoms with Gasteiger partial charge in [-0.3, -0.25) is 4.79 Å². The predicted molar refractivity (Wildman–Crippen MR) is 91.2 cm³/mol. The lowest BCUT2D eigenvalue weighted by Gasteiger charge is -2.23. The quantitative estimate of drug-likeness (QED) is 0.870. The van der Waals surface area contributed by atoms with Crippen LogP contribution in [0.3, 0.4) is 0 Å². The minimum Gasteiger partial charge on any atom is -0.497 e. The van der Waals surface area contributed by atoms with E-state index in [1.54, 1.807) is 38.5 Å². The number of carbonyl (C=O) groups excluding carboxylic acids is 1. The van der Waals surface area contributed by atoms with E-state index in [0.29, 0.717) is 22.1 Å².